The van der Waals surface area contributed by atoms with Crippen LogP contribution in [0, 0.1) is 0 Å². The van der Waals surface area contributed by atoms with Gasteiger partial charge in [-0.25, -0.2) is 0 Å². The van der Waals surface area contributed by atoms with E-state index in [1.165, 1.54) is 24.1 Å². The van der Waals surface area contributed by atoms with Crippen LogP contribution in [0.4, 0.5) is 5.69 Å². The summed E-state index contributed by atoms with van der Waals surface area (Å²) in [6, 6.07) is 9.64. The van der Waals surface area contributed by atoms with Crippen molar-refractivity contribution in [1.82, 2.24) is 5.32 Å². The van der Waals surface area contributed by atoms with Gasteiger partial charge in [0.15, 0.2) is 0 Å². The van der Waals surface area contributed by atoms with Crippen LogP contribution in [0.5, 0.6) is 0 Å². The molecule has 2 rings (SSSR count). The van der Waals surface area contributed by atoms with Gasteiger partial charge in [-0.15, -0.1) is 0 Å². The molecular weight excluding hydrogens is 220 g/mol. The first-order valence-electron chi connectivity index (χ1n) is 7.13. The normalized spacial score (nSPS) is 23.1. The number of rotatable bonds is 3. The molecule has 0 spiro atoms. The predicted molar refractivity (Wildman–Crippen MR) is 79.3 cm³/mol. The van der Waals surface area contributed by atoms with Crippen LogP contribution in [0.25, 0.3) is 0 Å². The number of aryl methyl sites for hydroxylation is 1. The molecule has 0 amide bonds. The molecular formula is C16H26N2. The van der Waals surface area contributed by atoms with E-state index in [2.05, 4.69) is 62.3 Å². The first-order valence-corrected chi connectivity index (χ1v) is 7.13. The first-order chi connectivity index (χ1) is 8.59. The van der Waals surface area contributed by atoms with Crippen molar-refractivity contribution < 1.29 is 0 Å². The van der Waals surface area contributed by atoms with E-state index >= 15 is 0 Å². The Morgan fingerprint density at radius 2 is 1.94 bits per heavy atom. The lowest BCUT2D eigenvalue weighted by Gasteiger charge is -2.49. The van der Waals surface area contributed by atoms with E-state index in [9.17, 15) is 0 Å². The molecule has 1 aliphatic rings. The highest BCUT2D eigenvalue weighted by atomic mass is 15.2. The summed E-state index contributed by atoms with van der Waals surface area (Å²) in [5, 5.41) is 3.47. The van der Waals surface area contributed by atoms with E-state index in [0.29, 0.717) is 6.04 Å². The van der Waals surface area contributed by atoms with Crippen LogP contribution in [-0.2, 0) is 6.42 Å². The molecule has 0 radical (unpaired) electrons. The maximum Gasteiger partial charge on any atom is 0.0498 e. The van der Waals surface area contributed by atoms with E-state index < -0.39 is 0 Å². The number of nitrogens with one attached hydrogen (secondary N) is 1. The van der Waals surface area contributed by atoms with Gasteiger partial charge in [-0.1, -0.05) is 19.1 Å². The minimum Gasteiger partial charge on any atom is -0.365 e. The fraction of sp³-hybridized carbons (Fsp3) is 0.625. The summed E-state index contributed by atoms with van der Waals surface area (Å²) in [4.78, 5) is 2.55. The Balaban J connectivity index is 2.24. The number of anilines is 1. The summed E-state index contributed by atoms with van der Waals surface area (Å²) >= 11 is 0. The van der Waals surface area contributed by atoms with Crippen LogP contribution < -0.4 is 10.2 Å². The number of benzene rings is 1. The standard InChI is InChI=1S/C16H26N2/c1-5-13-8-10-14(11-9-13)18-12-6-7-15(17-4)16(18,2)3/h8-11,15,17H,5-7,12H2,1-4H3. The van der Waals surface area contributed by atoms with Crippen molar-refractivity contribution in [3.63, 3.8) is 0 Å². The highest BCUT2D eigenvalue weighted by molar-refractivity contribution is 5.51. The molecule has 1 N–H and O–H groups in total. The molecule has 2 heteroatoms. The van der Waals surface area contributed by atoms with Gasteiger partial charge in [-0.05, 0) is 57.9 Å². The van der Waals surface area contributed by atoms with Crippen LogP contribution in [-0.4, -0.2) is 25.2 Å². The van der Waals surface area contributed by atoms with Crippen LogP contribution in [0.3, 0.4) is 0 Å². The Hall–Kier alpha value is -1.02. The molecule has 1 unspecified atom stereocenters. The predicted octanol–water partition coefficient (Wildman–Crippen LogP) is 3.22. The molecule has 1 saturated heterocycles. The SMILES string of the molecule is CCc1ccc(N2CCCC(NC)C2(C)C)cc1. The molecule has 0 bridgehead atoms. The molecule has 1 fully saturated rings. The molecule has 1 aromatic rings. The second-order valence-corrected chi connectivity index (χ2v) is 5.81. The zero-order valence-electron chi connectivity index (χ0n) is 12.2. The van der Waals surface area contributed by atoms with Crippen molar-refractivity contribution in [3.05, 3.63) is 29.8 Å². The Labute approximate surface area is 111 Å². The molecule has 100 valence electrons. The smallest absolute Gasteiger partial charge is 0.0498 e. The van der Waals surface area contributed by atoms with Crippen LogP contribution in [0.15, 0.2) is 24.3 Å². The van der Waals surface area contributed by atoms with Crippen molar-refractivity contribution in [3.8, 4) is 0 Å². The van der Waals surface area contributed by atoms with Crippen LogP contribution in [0.2, 0.25) is 0 Å². The summed E-state index contributed by atoms with van der Waals surface area (Å²) in [6.07, 6.45) is 3.65. The largest absolute Gasteiger partial charge is 0.365 e. The summed E-state index contributed by atoms with van der Waals surface area (Å²) in [6.45, 7) is 8.07. The summed E-state index contributed by atoms with van der Waals surface area (Å²) in [5.74, 6) is 0. The summed E-state index contributed by atoms with van der Waals surface area (Å²) < 4.78 is 0. The van der Waals surface area contributed by atoms with E-state index in [1.54, 1.807) is 0 Å². The van der Waals surface area contributed by atoms with Crippen molar-refractivity contribution in [2.75, 3.05) is 18.5 Å². The third-order valence-corrected chi connectivity index (χ3v) is 4.43. The van der Waals surface area contributed by atoms with Gasteiger partial charge < -0.3 is 10.2 Å². The number of nitrogens with zero attached hydrogens (tertiary/aromatic N) is 1. The average Bonchev–Trinajstić information content (AvgIpc) is 2.38. The van der Waals surface area contributed by atoms with Gasteiger partial charge in [-0.2, -0.15) is 0 Å². The molecule has 2 nitrogen and oxygen atoms in total. The fourth-order valence-electron chi connectivity index (χ4n) is 3.15. The number of likely N-dealkylation sites (N-methyl/N-ethyl adjacent to an activating group) is 1. The van der Waals surface area contributed by atoms with Gasteiger partial charge in [0.05, 0.1) is 0 Å². The number of piperidine rings is 1. The summed E-state index contributed by atoms with van der Waals surface area (Å²) in [5.41, 5.74) is 2.96. The lowest BCUT2D eigenvalue weighted by Crippen LogP contribution is -2.60. The highest BCUT2D eigenvalue weighted by Gasteiger charge is 2.37. The molecule has 1 atom stereocenters. The van der Waals surface area contributed by atoms with Gasteiger partial charge in [0, 0.05) is 23.8 Å². The van der Waals surface area contributed by atoms with E-state index in [-0.39, 0.29) is 5.54 Å². The van der Waals surface area contributed by atoms with Gasteiger partial charge in [0.2, 0.25) is 0 Å². The first kappa shape index (κ1) is 13.4. The minimum atomic E-state index is 0.181. The van der Waals surface area contributed by atoms with E-state index in [4.69, 9.17) is 0 Å². The Morgan fingerprint density at radius 3 is 2.50 bits per heavy atom. The van der Waals surface area contributed by atoms with E-state index in [1.807, 2.05) is 0 Å². The Bertz CT molecular complexity index is 381. The minimum absolute atomic E-state index is 0.181. The molecule has 0 aromatic heterocycles. The molecule has 1 heterocycles. The van der Waals surface area contributed by atoms with Gasteiger partial charge in [0.1, 0.15) is 0 Å². The number of hydrogen-bond acceptors (Lipinski definition) is 2. The van der Waals surface area contributed by atoms with Gasteiger partial charge in [-0.3, -0.25) is 0 Å². The van der Waals surface area contributed by atoms with E-state index in [0.717, 1.165) is 13.0 Å². The van der Waals surface area contributed by atoms with Crippen molar-refractivity contribution in [2.45, 2.75) is 51.6 Å². The third kappa shape index (κ3) is 2.39. The van der Waals surface area contributed by atoms with Gasteiger partial charge in [0.25, 0.3) is 0 Å². The Kier molecular flexibility index (Phi) is 3.96. The lowest BCUT2D eigenvalue weighted by atomic mass is 9.84. The Morgan fingerprint density at radius 1 is 1.28 bits per heavy atom. The van der Waals surface area contributed by atoms with Gasteiger partial charge >= 0.3 is 0 Å². The molecule has 0 saturated carbocycles. The van der Waals surface area contributed by atoms with Crippen LogP contribution in [0.1, 0.15) is 39.2 Å². The molecule has 1 aliphatic heterocycles. The summed E-state index contributed by atoms with van der Waals surface area (Å²) in [7, 11) is 2.08. The molecule has 18 heavy (non-hydrogen) atoms. The second-order valence-electron chi connectivity index (χ2n) is 5.81. The highest BCUT2D eigenvalue weighted by Crippen LogP contribution is 2.32. The maximum atomic E-state index is 3.47. The number of hydrogen-bond donors (Lipinski definition) is 1. The second kappa shape index (κ2) is 5.31. The zero-order valence-corrected chi connectivity index (χ0v) is 12.2. The molecule has 0 aliphatic carbocycles. The zero-order chi connectivity index (χ0) is 13.2. The van der Waals surface area contributed by atoms with Crippen molar-refractivity contribution in [1.29, 1.82) is 0 Å². The quantitative estimate of drug-likeness (QED) is 0.881. The van der Waals surface area contributed by atoms with Crippen molar-refractivity contribution in [2.24, 2.45) is 0 Å². The van der Waals surface area contributed by atoms with Crippen LogP contribution >= 0.6 is 0 Å². The lowest BCUT2D eigenvalue weighted by molar-refractivity contribution is 0.275. The molecule has 1 aromatic carbocycles. The third-order valence-electron chi connectivity index (χ3n) is 4.43. The monoisotopic (exact) mass is 246 g/mol. The fourth-order valence-corrected chi connectivity index (χ4v) is 3.15. The topological polar surface area (TPSA) is 15.3 Å². The van der Waals surface area contributed by atoms with Crippen molar-refractivity contribution >= 4 is 5.69 Å². The maximum absolute atomic E-state index is 3.47. The average molecular weight is 246 g/mol.